The van der Waals surface area contributed by atoms with Crippen LogP contribution in [0.1, 0.15) is 40.0 Å². The molecule has 1 aliphatic rings. The van der Waals surface area contributed by atoms with Gasteiger partial charge in [-0.05, 0) is 44.5 Å². The molecule has 1 atom stereocenters. The number of carboxylic acid groups (broad SMARTS) is 1. The predicted molar refractivity (Wildman–Crippen MR) is 143 cm³/mol. The summed E-state index contributed by atoms with van der Waals surface area (Å²) in [4.78, 5) is 39.0. The molecule has 0 amide bonds. The van der Waals surface area contributed by atoms with E-state index in [1.165, 1.54) is 0 Å². The van der Waals surface area contributed by atoms with Crippen LogP contribution in [0.3, 0.4) is 0 Å². The van der Waals surface area contributed by atoms with E-state index >= 15 is 0 Å². The summed E-state index contributed by atoms with van der Waals surface area (Å²) in [6.07, 6.45) is 3.62. The molecule has 0 bridgehead atoms. The van der Waals surface area contributed by atoms with E-state index in [9.17, 15) is 14.7 Å². The Kier molecular flexibility index (Phi) is 6.36. The molecule has 1 aliphatic heterocycles. The summed E-state index contributed by atoms with van der Waals surface area (Å²) in [5.41, 5.74) is 3.55. The lowest BCUT2D eigenvalue weighted by atomic mass is 10.1. The highest BCUT2D eigenvalue weighted by atomic mass is 32.1. The molecule has 4 aromatic rings. The van der Waals surface area contributed by atoms with Crippen molar-refractivity contribution in [2.45, 2.75) is 26.8 Å². The third kappa shape index (κ3) is 4.39. The number of pyridine rings is 1. The first-order valence-electron chi connectivity index (χ1n) is 11.8. The van der Waals surface area contributed by atoms with Crippen LogP contribution in [0.15, 0.2) is 52.9 Å². The van der Waals surface area contributed by atoms with Crippen LogP contribution in [0.5, 0.6) is 0 Å². The van der Waals surface area contributed by atoms with Crippen LogP contribution in [0.25, 0.3) is 5.65 Å². The fourth-order valence-electron chi connectivity index (χ4n) is 4.70. The fraction of sp³-hybridized carbons (Fsp3) is 0.308. The number of para-hydroxylation sites is 1. The number of anilines is 3. The second kappa shape index (κ2) is 9.62. The number of hydrogen-bond acceptors (Lipinski definition) is 8. The molecule has 9 nitrogen and oxygen atoms in total. The van der Waals surface area contributed by atoms with Crippen molar-refractivity contribution in [2.24, 2.45) is 0 Å². The zero-order valence-electron chi connectivity index (χ0n) is 20.4. The highest BCUT2D eigenvalue weighted by Crippen LogP contribution is 2.28. The maximum absolute atomic E-state index is 13.5. The number of carboxylic acids is 1. The van der Waals surface area contributed by atoms with Crippen LogP contribution < -0.4 is 20.7 Å². The van der Waals surface area contributed by atoms with E-state index in [0.717, 1.165) is 42.4 Å². The normalized spacial score (nSPS) is 14.8. The lowest BCUT2D eigenvalue weighted by Crippen LogP contribution is -2.47. The number of benzene rings is 1. The number of carbonyl (C=O) groups is 1. The minimum Gasteiger partial charge on any atom is -0.478 e. The molecule has 3 aromatic heterocycles. The van der Waals surface area contributed by atoms with Gasteiger partial charge in [-0.1, -0.05) is 12.1 Å². The summed E-state index contributed by atoms with van der Waals surface area (Å²) in [6.45, 7) is 8.81. The highest BCUT2D eigenvalue weighted by Gasteiger charge is 2.24. The molecular formula is C26H28N6O3S. The average molecular weight is 505 g/mol. The van der Waals surface area contributed by atoms with Crippen molar-refractivity contribution in [3.8, 4) is 0 Å². The molecule has 0 saturated carbocycles. The van der Waals surface area contributed by atoms with Gasteiger partial charge in [-0.3, -0.25) is 9.20 Å². The molecule has 1 unspecified atom stereocenters. The summed E-state index contributed by atoms with van der Waals surface area (Å²) >= 11 is 1.63. The minimum absolute atomic E-state index is 0.0968. The van der Waals surface area contributed by atoms with Crippen molar-refractivity contribution in [3.05, 3.63) is 80.7 Å². The molecule has 5 rings (SSSR count). The maximum atomic E-state index is 13.5. The van der Waals surface area contributed by atoms with Crippen molar-refractivity contribution < 1.29 is 9.90 Å². The Labute approximate surface area is 212 Å². The predicted octanol–water partition coefficient (Wildman–Crippen LogP) is 3.97. The number of aromatic nitrogens is 3. The highest BCUT2D eigenvalue weighted by molar-refractivity contribution is 7.13. The van der Waals surface area contributed by atoms with E-state index in [-0.39, 0.29) is 17.2 Å². The zero-order chi connectivity index (χ0) is 25.4. The van der Waals surface area contributed by atoms with Gasteiger partial charge in [0.05, 0.1) is 17.2 Å². The van der Waals surface area contributed by atoms with Gasteiger partial charge in [0.1, 0.15) is 11.5 Å². The zero-order valence-corrected chi connectivity index (χ0v) is 21.2. The molecule has 186 valence electrons. The summed E-state index contributed by atoms with van der Waals surface area (Å²) < 4.78 is 1.61. The third-order valence-electron chi connectivity index (χ3n) is 6.55. The van der Waals surface area contributed by atoms with Gasteiger partial charge in [0.25, 0.3) is 5.56 Å². The SMILES string of the molecule is Cc1cc(C(C)Nc2ccccc2C(=O)O)c2nc(N3CCN(c4nccs4)CC3)c(C)c(=O)n2c1. The van der Waals surface area contributed by atoms with Gasteiger partial charge >= 0.3 is 5.97 Å². The van der Waals surface area contributed by atoms with Crippen molar-refractivity contribution in [1.82, 2.24) is 14.4 Å². The van der Waals surface area contributed by atoms with Gasteiger partial charge in [0.15, 0.2) is 5.13 Å². The molecule has 0 aliphatic carbocycles. The number of hydrogen-bond donors (Lipinski definition) is 2. The van der Waals surface area contributed by atoms with Gasteiger partial charge < -0.3 is 20.2 Å². The second-order valence-electron chi connectivity index (χ2n) is 9.04. The standard InChI is InChI=1S/C26H28N6O3S/c1-16-14-20(18(3)28-21-7-5-4-6-19(21)25(34)35)23-29-22(17(2)24(33)32(23)15-16)30-9-11-31(12-10-30)26-27-8-13-36-26/h4-8,13-15,18,28H,9-12H2,1-3H3,(H,34,35). The summed E-state index contributed by atoms with van der Waals surface area (Å²) in [6, 6.07) is 8.53. The van der Waals surface area contributed by atoms with E-state index in [0.29, 0.717) is 22.7 Å². The quantitative estimate of drug-likeness (QED) is 0.407. The summed E-state index contributed by atoms with van der Waals surface area (Å²) in [5.74, 6) is -0.300. The van der Waals surface area contributed by atoms with Crippen LogP contribution in [0.2, 0.25) is 0 Å². The second-order valence-corrected chi connectivity index (χ2v) is 9.91. The number of aromatic carboxylic acids is 1. The largest absolute Gasteiger partial charge is 0.478 e. The van der Waals surface area contributed by atoms with Crippen molar-refractivity contribution in [3.63, 3.8) is 0 Å². The number of thiazole rings is 1. The molecule has 1 aromatic carbocycles. The van der Waals surface area contributed by atoms with Crippen molar-refractivity contribution >= 4 is 39.6 Å². The number of fused-ring (bicyclic) bond motifs is 1. The van der Waals surface area contributed by atoms with Gasteiger partial charge in [0.2, 0.25) is 0 Å². The molecule has 0 spiro atoms. The first kappa shape index (κ1) is 23.8. The van der Waals surface area contributed by atoms with Crippen molar-refractivity contribution in [2.75, 3.05) is 41.3 Å². The summed E-state index contributed by atoms with van der Waals surface area (Å²) in [7, 11) is 0. The monoisotopic (exact) mass is 504 g/mol. The van der Waals surface area contributed by atoms with Crippen LogP contribution in [0, 0.1) is 13.8 Å². The number of nitrogens with zero attached hydrogens (tertiary/aromatic N) is 5. The fourth-order valence-corrected chi connectivity index (χ4v) is 5.40. The number of rotatable bonds is 6. The Morgan fingerprint density at radius 2 is 1.86 bits per heavy atom. The molecule has 10 heteroatoms. The third-order valence-corrected chi connectivity index (χ3v) is 7.39. The Morgan fingerprint density at radius 1 is 1.14 bits per heavy atom. The Balaban J connectivity index is 1.51. The Hall–Kier alpha value is -3.92. The average Bonchev–Trinajstić information content (AvgIpc) is 3.41. The number of nitrogens with one attached hydrogen (secondary N) is 1. The molecule has 4 heterocycles. The van der Waals surface area contributed by atoms with Gasteiger partial charge in [-0.15, -0.1) is 11.3 Å². The lowest BCUT2D eigenvalue weighted by molar-refractivity contribution is 0.0698. The smallest absolute Gasteiger partial charge is 0.337 e. The topological polar surface area (TPSA) is 103 Å². The molecular weight excluding hydrogens is 476 g/mol. The maximum Gasteiger partial charge on any atom is 0.337 e. The molecule has 2 N–H and O–H groups in total. The van der Waals surface area contributed by atoms with Gasteiger partial charge in [0, 0.05) is 55.2 Å². The molecule has 0 radical (unpaired) electrons. The molecule has 36 heavy (non-hydrogen) atoms. The van der Waals surface area contributed by atoms with E-state index in [4.69, 9.17) is 4.98 Å². The van der Waals surface area contributed by atoms with Gasteiger partial charge in [-0.2, -0.15) is 0 Å². The first-order chi connectivity index (χ1) is 17.3. The van der Waals surface area contributed by atoms with Crippen LogP contribution >= 0.6 is 11.3 Å². The Bertz CT molecular complexity index is 1480. The number of piperazine rings is 1. The van der Waals surface area contributed by atoms with Crippen LogP contribution in [0.4, 0.5) is 16.6 Å². The van der Waals surface area contributed by atoms with Gasteiger partial charge in [-0.25, -0.2) is 14.8 Å². The van der Waals surface area contributed by atoms with E-state index in [1.807, 2.05) is 44.6 Å². The summed E-state index contributed by atoms with van der Waals surface area (Å²) in [5, 5.41) is 15.9. The Morgan fingerprint density at radius 3 is 2.56 bits per heavy atom. The minimum atomic E-state index is -0.997. The van der Waals surface area contributed by atoms with E-state index in [1.54, 1.807) is 40.0 Å². The molecule has 1 saturated heterocycles. The molecule has 1 fully saturated rings. The van der Waals surface area contributed by atoms with Crippen LogP contribution in [-0.4, -0.2) is 51.6 Å². The lowest BCUT2D eigenvalue weighted by Gasteiger charge is -2.36. The first-order valence-corrected chi connectivity index (χ1v) is 12.7. The van der Waals surface area contributed by atoms with E-state index in [2.05, 4.69) is 20.1 Å². The van der Waals surface area contributed by atoms with Crippen LogP contribution in [-0.2, 0) is 0 Å². The van der Waals surface area contributed by atoms with Crippen molar-refractivity contribution in [1.29, 1.82) is 0 Å². The van der Waals surface area contributed by atoms with E-state index < -0.39 is 5.97 Å². The number of aryl methyl sites for hydroxylation is 1.